The van der Waals surface area contributed by atoms with Gasteiger partial charge in [0.15, 0.2) is 40.3 Å². The Labute approximate surface area is 339 Å². The molecule has 0 bridgehead atoms. The van der Waals surface area contributed by atoms with E-state index in [0.717, 1.165) is 60.9 Å². The Morgan fingerprint density at radius 1 is 0.552 bits per heavy atom. The van der Waals surface area contributed by atoms with Crippen LogP contribution in [0.15, 0.2) is 77.3 Å². The summed E-state index contributed by atoms with van der Waals surface area (Å²) in [7, 11) is 9.53. The van der Waals surface area contributed by atoms with E-state index in [1.54, 1.807) is 48.7 Å². The summed E-state index contributed by atoms with van der Waals surface area (Å²) in [6.07, 6.45) is 8.32. The molecule has 0 fully saturated rings. The van der Waals surface area contributed by atoms with Gasteiger partial charge in [-0.1, -0.05) is 61.9 Å². The summed E-state index contributed by atoms with van der Waals surface area (Å²) in [6.45, 7) is 1.16. The van der Waals surface area contributed by atoms with Crippen molar-refractivity contribution in [2.45, 2.75) is 57.5 Å². The highest BCUT2D eigenvalue weighted by Crippen LogP contribution is 2.44. The molecule has 4 aromatic carbocycles. The first-order valence-electron chi connectivity index (χ1n) is 19.5. The standard InChI is InChI=1S/C45H53N3O10/c1-50-37-23-29(44-46-33-18-14-13-17-32(33)45(49)47-44)19-20-35(37)56-21-15-11-9-7-8-10-12-16-22-57-43-40(53-4)26-31(27-41(43)54-5)36-28-34(48-58-36)30-24-38(51-2)42(55-6)39(25-30)52-3/h13-14,17-20,23-28,44,46H,7-12,15-16,21-22H2,1-6H3,(H,47,49). The van der Waals surface area contributed by atoms with Crippen LogP contribution in [0.4, 0.5) is 5.69 Å². The highest BCUT2D eigenvalue weighted by molar-refractivity contribution is 6.01. The third-order valence-corrected chi connectivity index (χ3v) is 10.0. The lowest BCUT2D eigenvalue weighted by atomic mass is 10.1. The minimum absolute atomic E-state index is 0.107. The fourth-order valence-corrected chi connectivity index (χ4v) is 6.92. The summed E-state index contributed by atoms with van der Waals surface area (Å²) < 4.78 is 51.5. The number of hydrogen-bond donors (Lipinski definition) is 2. The molecule has 13 nitrogen and oxygen atoms in total. The normalized spacial score (nSPS) is 13.1. The second kappa shape index (κ2) is 20.3. The van der Waals surface area contributed by atoms with Crippen molar-refractivity contribution in [3.63, 3.8) is 0 Å². The topological polar surface area (TPSA) is 141 Å². The van der Waals surface area contributed by atoms with Crippen molar-refractivity contribution in [1.29, 1.82) is 0 Å². The summed E-state index contributed by atoms with van der Waals surface area (Å²) in [5.74, 6) is 4.92. The van der Waals surface area contributed by atoms with Gasteiger partial charge in [0.05, 0.1) is 61.4 Å². The molecule has 2 heterocycles. The van der Waals surface area contributed by atoms with Gasteiger partial charge < -0.3 is 53.1 Å². The van der Waals surface area contributed by atoms with Crippen LogP contribution in [0.25, 0.3) is 22.6 Å². The lowest BCUT2D eigenvalue weighted by Gasteiger charge is -2.28. The molecule has 5 aromatic rings. The number of hydrogen-bond acceptors (Lipinski definition) is 12. The number of carbonyl (C=O) groups excluding carboxylic acids is 1. The molecular weight excluding hydrogens is 743 g/mol. The number of methoxy groups -OCH3 is 6. The maximum Gasteiger partial charge on any atom is 0.255 e. The monoisotopic (exact) mass is 795 g/mol. The number of unbranched alkanes of at least 4 members (excludes halogenated alkanes) is 7. The Morgan fingerprint density at radius 2 is 1.12 bits per heavy atom. The van der Waals surface area contributed by atoms with Crippen LogP contribution in [0.2, 0.25) is 0 Å². The van der Waals surface area contributed by atoms with E-state index in [2.05, 4.69) is 15.8 Å². The molecule has 1 aliphatic heterocycles. The second-order valence-corrected chi connectivity index (χ2v) is 13.7. The van der Waals surface area contributed by atoms with Crippen LogP contribution in [-0.2, 0) is 0 Å². The summed E-state index contributed by atoms with van der Waals surface area (Å²) in [5, 5.41) is 10.7. The predicted molar refractivity (Wildman–Crippen MR) is 221 cm³/mol. The quantitative estimate of drug-likeness (QED) is 0.0645. The van der Waals surface area contributed by atoms with Crippen LogP contribution in [0.1, 0.15) is 73.5 Å². The van der Waals surface area contributed by atoms with Gasteiger partial charge >= 0.3 is 0 Å². The van der Waals surface area contributed by atoms with Crippen LogP contribution >= 0.6 is 0 Å². The minimum atomic E-state index is -0.353. The SMILES string of the molecule is COc1cc(C2NC(=O)c3ccccc3N2)ccc1OCCCCCCCCCCOc1c(OC)cc(-c2cc(-c3cc(OC)c(OC)c(OC)c3)no2)cc1OC. The van der Waals surface area contributed by atoms with Gasteiger partial charge in [-0.05, 0) is 66.9 Å². The van der Waals surface area contributed by atoms with Gasteiger partial charge in [-0.2, -0.15) is 0 Å². The highest BCUT2D eigenvalue weighted by Gasteiger charge is 2.25. The zero-order chi connectivity index (χ0) is 40.9. The number of aromatic nitrogens is 1. The summed E-state index contributed by atoms with van der Waals surface area (Å²) in [4.78, 5) is 12.6. The molecular formula is C45H53N3O10. The number of ether oxygens (including phenoxy) is 8. The van der Waals surface area contributed by atoms with Crippen LogP contribution in [0.3, 0.4) is 0 Å². The number of benzene rings is 4. The van der Waals surface area contributed by atoms with E-state index < -0.39 is 0 Å². The molecule has 0 radical (unpaired) electrons. The van der Waals surface area contributed by atoms with Crippen LogP contribution < -0.4 is 48.5 Å². The Kier molecular flexibility index (Phi) is 14.5. The van der Waals surface area contributed by atoms with Crippen molar-refractivity contribution >= 4 is 11.6 Å². The Balaban J connectivity index is 0.894. The van der Waals surface area contributed by atoms with Gasteiger partial charge in [-0.25, -0.2) is 0 Å². The first-order valence-corrected chi connectivity index (χ1v) is 19.5. The van der Waals surface area contributed by atoms with Crippen molar-refractivity contribution in [3.05, 3.63) is 83.9 Å². The molecule has 0 saturated heterocycles. The van der Waals surface area contributed by atoms with E-state index in [9.17, 15) is 4.79 Å². The Bertz CT molecular complexity index is 2080. The molecule has 2 N–H and O–H groups in total. The number of rotatable bonds is 22. The first-order chi connectivity index (χ1) is 28.4. The largest absolute Gasteiger partial charge is 0.493 e. The van der Waals surface area contributed by atoms with E-state index in [1.165, 1.54) is 12.8 Å². The molecule has 6 rings (SSSR count). The van der Waals surface area contributed by atoms with Crippen molar-refractivity contribution in [1.82, 2.24) is 10.5 Å². The lowest BCUT2D eigenvalue weighted by Crippen LogP contribution is -2.38. The average Bonchev–Trinajstić information content (AvgIpc) is 3.76. The van der Waals surface area contributed by atoms with Gasteiger partial charge in [0.2, 0.25) is 11.5 Å². The van der Waals surface area contributed by atoms with Crippen molar-refractivity contribution in [2.24, 2.45) is 0 Å². The van der Waals surface area contributed by atoms with E-state index >= 15 is 0 Å². The number of carbonyl (C=O) groups is 1. The average molecular weight is 796 g/mol. The third kappa shape index (κ3) is 9.82. The zero-order valence-electron chi connectivity index (χ0n) is 34.1. The third-order valence-electron chi connectivity index (χ3n) is 10.0. The molecule has 0 aliphatic carbocycles. The summed E-state index contributed by atoms with van der Waals surface area (Å²) >= 11 is 0. The number of para-hydroxylation sites is 1. The number of fused-ring (bicyclic) bond motifs is 1. The maximum absolute atomic E-state index is 12.6. The molecule has 0 saturated carbocycles. The van der Waals surface area contributed by atoms with Crippen LogP contribution in [0.5, 0.6) is 46.0 Å². The molecule has 1 unspecified atom stereocenters. The van der Waals surface area contributed by atoms with E-state index in [4.69, 9.17) is 42.4 Å². The van der Waals surface area contributed by atoms with Gasteiger partial charge in [0.1, 0.15) is 11.9 Å². The lowest BCUT2D eigenvalue weighted by molar-refractivity contribution is 0.0935. The van der Waals surface area contributed by atoms with Crippen molar-refractivity contribution < 1.29 is 47.2 Å². The second-order valence-electron chi connectivity index (χ2n) is 13.7. The van der Waals surface area contributed by atoms with Crippen molar-refractivity contribution in [3.8, 4) is 68.6 Å². The minimum Gasteiger partial charge on any atom is -0.493 e. The molecule has 1 atom stereocenters. The van der Waals surface area contributed by atoms with Crippen molar-refractivity contribution in [2.75, 3.05) is 61.2 Å². The molecule has 1 amide bonds. The summed E-state index contributed by atoms with van der Waals surface area (Å²) in [6, 6.07) is 22.4. The van der Waals surface area contributed by atoms with Crippen LogP contribution in [-0.4, -0.2) is 66.9 Å². The Hall–Kier alpha value is -6.24. The molecule has 1 aromatic heterocycles. The number of anilines is 1. The Morgan fingerprint density at radius 3 is 1.74 bits per heavy atom. The smallest absolute Gasteiger partial charge is 0.255 e. The zero-order valence-corrected chi connectivity index (χ0v) is 34.1. The molecule has 1 aliphatic rings. The van der Waals surface area contributed by atoms with Gasteiger partial charge in [-0.15, -0.1) is 0 Å². The van der Waals surface area contributed by atoms with Gasteiger partial charge in [-0.3, -0.25) is 4.79 Å². The fraction of sp³-hybridized carbons (Fsp3) is 0.378. The van der Waals surface area contributed by atoms with Gasteiger partial charge in [0.25, 0.3) is 5.91 Å². The first kappa shape index (κ1) is 41.4. The van der Waals surface area contributed by atoms with Gasteiger partial charge in [0, 0.05) is 22.9 Å². The van der Waals surface area contributed by atoms with E-state index in [-0.39, 0.29) is 12.1 Å². The molecule has 13 heteroatoms. The predicted octanol–water partition coefficient (Wildman–Crippen LogP) is 9.49. The highest BCUT2D eigenvalue weighted by atomic mass is 16.5. The molecule has 0 spiro atoms. The number of nitrogens with zero attached hydrogens (tertiary/aromatic N) is 1. The fourth-order valence-electron chi connectivity index (χ4n) is 6.92. The molecule has 58 heavy (non-hydrogen) atoms. The molecule has 308 valence electrons. The number of amides is 1. The van der Waals surface area contributed by atoms with E-state index in [1.807, 2.05) is 66.7 Å². The van der Waals surface area contributed by atoms with E-state index in [0.29, 0.717) is 76.2 Å². The summed E-state index contributed by atoms with van der Waals surface area (Å²) in [5.41, 5.74) is 4.40. The maximum atomic E-state index is 12.6. The number of nitrogens with one attached hydrogen (secondary N) is 2. The van der Waals surface area contributed by atoms with Crippen LogP contribution in [0, 0.1) is 0 Å².